The second-order valence-corrected chi connectivity index (χ2v) is 8.03. The highest BCUT2D eigenvalue weighted by molar-refractivity contribution is 6.31. The number of Topliss-reactive ketones (excluding diaryl/α,β-unsaturated/α-hetero) is 1. The summed E-state index contributed by atoms with van der Waals surface area (Å²) in [7, 11) is 0. The fourth-order valence-electron chi connectivity index (χ4n) is 3.85. The Kier molecular flexibility index (Phi) is 5.38. The van der Waals surface area contributed by atoms with Crippen molar-refractivity contribution in [1.82, 2.24) is 14.7 Å². The highest BCUT2D eigenvalue weighted by Gasteiger charge is 2.30. The molecule has 0 saturated heterocycles. The molecule has 2 heterocycles. The number of nitrogens with one attached hydrogen (secondary N) is 1. The highest BCUT2D eigenvalue weighted by Crippen LogP contribution is 2.29. The quantitative estimate of drug-likeness (QED) is 0.621. The minimum absolute atomic E-state index is 0.0344. The molecule has 2 atom stereocenters. The third-order valence-corrected chi connectivity index (χ3v) is 5.66. The van der Waals surface area contributed by atoms with Gasteiger partial charge in [-0.25, -0.2) is 4.98 Å². The molecular formula is C21H19Cl2N3O2. The number of aromatic nitrogens is 2. The molecule has 0 radical (unpaired) electrons. The standard InChI is InChI=1S/C21H19Cl2N3O2/c22-15-5-1-4-14(7-15)21(28)25-17-6-2-3-13(8-17)20(27)19-10-16(23)9-18-11-24-12-26(18)19/h1,4-5,7,9-13,17H,2-3,6,8H2,(H,25,28). The first-order valence-corrected chi connectivity index (χ1v) is 9.99. The molecule has 5 nitrogen and oxygen atoms in total. The van der Waals surface area contributed by atoms with E-state index in [1.54, 1.807) is 53.3 Å². The number of halogens is 2. The van der Waals surface area contributed by atoms with Crippen LogP contribution in [0.2, 0.25) is 10.0 Å². The van der Waals surface area contributed by atoms with Gasteiger partial charge in [-0.3, -0.25) is 14.0 Å². The van der Waals surface area contributed by atoms with E-state index in [-0.39, 0.29) is 23.7 Å². The molecule has 1 amide bonds. The molecule has 1 aliphatic carbocycles. The monoisotopic (exact) mass is 415 g/mol. The van der Waals surface area contributed by atoms with Crippen molar-refractivity contribution in [2.24, 2.45) is 5.92 Å². The van der Waals surface area contributed by atoms with Crippen molar-refractivity contribution >= 4 is 40.4 Å². The lowest BCUT2D eigenvalue weighted by atomic mass is 9.82. The van der Waals surface area contributed by atoms with E-state index in [4.69, 9.17) is 23.2 Å². The molecule has 1 aliphatic rings. The number of benzene rings is 1. The second kappa shape index (κ2) is 7.94. The number of carbonyl (C=O) groups excluding carboxylic acids is 2. The molecule has 1 fully saturated rings. The molecule has 28 heavy (non-hydrogen) atoms. The lowest BCUT2D eigenvalue weighted by Gasteiger charge is -2.29. The molecule has 7 heteroatoms. The molecule has 0 aliphatic heterocycles. The zero-order valence-electron chi connectivity index (χ0n) is 15.1. The molecule has 1 N–H and O–H groups in total. The Hall–Kier alpha value is -2.37. The maximum atomic E-state index is 13.2. The van der Waals surface area contributed by atoms with Gasteiger partial charge in [-0.1, -0.05) is 35.7 Å². The van der Waals surface area contributed by atoms with Crippen molar-refractivity contribution in [3.05, 3.63) is 70.2 Å². The Bertz CT molecular complexity index is 1050. The number of hydrogen-bond acceptors (Lipinski definition) is 3. The van der Waals surface area contributed by atoms with Crippen LogP contribution >= 0.6 is 23.2 Å². The van der Waals surface area contributed by atoms with Crippen LogP contribution in [0.5, 0.6) is 0 Å². The van der Waals surface area contributed by atoms with Crippen molar-refractivity contribution in [1.29, 1.82) is 0 Å². The van der Waals surface area contributed by atoms with E-state index in [1.165, 1.54) is 0 Å². The summed E-state index contributed by atoms with van der Waals surface area (Å²) >= 11 is 12.2. The minimum Gasteiger partial charge on any atom is -0.349 e. The molecule has 1 saturated carbocycles. The van der Waals surface area contributed by atoms with Gasteiger partial charge in [-0.15, -0.1) is 0 Å². The van der Waals surface area contributed by atoms with Gasteiger partial charge in [0.1, 0.15) is 0 Å². The zero-order chi connectivity index (χ0) is 19.7. The molecule has 3 aromatic rings. The molecule has 0 bridgehead atoms. The number of imidazole rings is 1. The summed E-state index contributed by atoms with van der Waals surface area (Å²) < 4.78 is 1.77. The van der Waals surface area contributed by atoms with Gasteiger partial charge in [0.05, 0.1) is 23.7 Å². The molecule has 144 valence electrons. The van der Waals surface area contributed by atoms with E-state index in [2.05, 4.69) is 10.3 Å². The van der Waals surface area contributed by atoms with Crippen molar-refractivity contribution in [2.45, 2.75) is 31.7 Å². The van der Waals surface area contributed by atoms with E-state index in [1.807, 2.05) is 0 Å². The normalized spacial score (nSPS) is 19.5. The Labute approximate surface area is 172 Å². The van der Waals surface area contributed by atoms with Crippen LogP contribution in [0, 0.1) is 5.92 Å². The molecule has 0 spiro atoms. The number of ketones is 1. The van der Waals surface area contributed by atoms with E-state index in [0.717, 1.165) is 24.8 Å². The van der Waals surface area contributed by atoms with Crippen molar-refractivity contribution in [3.63, 3.8) is 0 Å². The van der Waals surface area contributed by atoms with Crippen LogP contribution in [0.15, 0.2) is 48.9 Å². The summed E-state index contributed by atoms with van der Waals surface area (Å²) in [6.07, 6.45) is 6.44. The van der Waals surface area contributed by atoms with Crippen LogP contribution in [0.25, 0.3) is 5.52 Å². The van der Waals surface area contributed by atoms with Crippen LogP contribution in [-0.2, 0) is 0 Å². The molecule has 1 aromatic carbocycles. The van der Waals surface area contributed by atoms with E-state index >= 15 is 0 Å². The molecular weight excluding hydrogens is 397 g/mol. The largest absolute Gasteiger partial charge is 0.349 e. The summed E-state index contributed by atoms with van der Waals surface area (Å²) in [5.74, 6) is -0.296. The maximum Gasteiger partial charge on any atom is 0.251 e. The van der Waals surface area contributed by atoms with E-state index in [9.17, 15) is 9.59 Å². The van der Waals surface area contributed by atoms with Crippen LogP contribution in [0.1, 0.15) is 46.5 Å². The average molecular weight is 416 g/mol. The Morgan fingerprint density at radius 2 is 1.96 bits per heavy atom. The maximum absolute atomic E-state index is 13.2. The third kappa shape index (κ3) is 3.91. The number of amides is 1. The van der Waals surface area contributed by atoms with Crippen LogP contribution in [0.3, 0.4) is 0 Å². The van der Waals surface area contributed by atoms with Crippen LogP contribution < -0.4 is 5.32 Å². The van der Waals surface area contributed by atoms with Crippen LogP contribution in [-0.4, -0.2) is 27.1 Å². The summed E-state index contributed by atoms with van der Waals surface area (Å²) in [6.45, 7) is 0. The topological polar surface area (TPSA) is 63.5 Å². The second-order valence-electron chi connectivity index (χ2n) is 7.16. The minimum atomic E-state index is -0.166. The molecule has 2 unspecified atom stereocenters. The van der Waals surface area contributed by atoms with Gasteiger partial charge in [0.25, 0.3) is 5.91 Å². The number of hydrogen-bond donors (Lipinski definition) is 1. The average Bonchev–Trinajstić information content (AvgIpc) is 3.15. The van der Waals surface area contributed by atoms with Gasteiger partial charge < -0.3 is 5.32 Å². The SMILES string of the molecule is O=C(NC1CCCC(C(=O)c2cc(Cl)cc3cncn23)C1)c1cccc(Cl)c1. The number of pyridine rings is 1. The molecule has 2 aromatic heterocycles. The summed E-state index contributed by atoms with van der Waals surface area (Å²) in [6, 6.07) is 10.3. The van der Waals surface area contributed by atoms with E-state index in [0.29, 0.717) is 27.7 Å². The first kappa shape index (κ1) is 19.0. The van der Waals surface area contributed by atoms with E-state index < -0.39 is 0 Å². The predicted octanol–water partition coefficient (Wildman–Crippen LogP) is 4.81. The number of rotatable bonds is 4. The van der Waals surface area contributed by atoms with Crippen molar-refractivity contribution in [3.8, 4) is 0 Å². The first-order chi connectivity index (χ1) is 13.5. The number of fused-ring (bicyclic) bond motifs is 1. The summed E-state index contributed by atoms with van der Waals surface area (Å²) in [5.41, 5.74) is 1.85. The fourth-order valence-corrected chi connectivity index (χ4v) is 4.26. The fraction of sp³-hybridized carbons (Fsp3) is 0.286. The van der Waals surface area contributed by atoms with Gasteiger partial charge in [0, 0.05) is 27.6 Å². The molecule has 4 rings (SSSR count). The Balaban J connectivity index is 1.49. The van der Waals surface area contributed by atoms with Crippen molar-refractivity contribution in [2.75, 3.05) is 0 Å². The summed E-state index contributed by atoms with van der Waals surface area (Å²) in [4.78, 5) is 29.8. The van der Waals surface area contributed by atoms with Gasteiger partial charge in [-0.05, 0) is 49.6 Å². The Morgan fingerprint density at radius 1 is 1.11 bits per heavy atom. The van der Waals surface area contributed by atoms with Crippen molar-refractivity contribution < 1.29 is 9.59 Å². The van der Waals surface area contributed by atoms with Gasteiger partial charge >= 0.3 is 0 Å². The van der Waals surface area contributed by atoms with Gasteiger partial charge in [-0.2, -0.15) is 0 Å². The Morgan fingerprint density at radius 3 is 2.79 bits per heavy atom. The smallest absolute Gasteiger partial charge is 0.251 e. The summed E-state index contributed by atoms with van der Waals surface area (Å²) in [5, 5.41) is 4.08. The lowest BCUT2D eigenvalue weighted by molar-refractivity contribution is 0.0832. The zero-order valence-corrected chi connectivity index (χ0v) is 16.6. The lowest BCUT2D eigenvalue weighted by Crippen LogP contribution is -2.40. The van der Waals surface area contributed by atoms with Gasteiger partial charge in [0.2, 0.25) is 0 Å². The highest BCUT2D eigenvalue weighted by atomic mass is 35.5. The first-order valence-electron chi connectivity index (χ1n) is 9.23. The van der Waals surface area contributed by atoms with Gasteiger partial charge in [0.15, 0.2) is 5.78 Å². The predicted molar refractivity (Wildman–Crippen MR) is 109 cm³/mol. The number of nitrogens with zero attached hydrogens (tertiary/aromatic N) is 2. The van der Waals surface area contributed by atoms with Crippen LogP contribution in [0.4, 0.5) is 0 Å². The number of carbonyl (C=O) groups is 2. The third-order valence-electron chi connectivity index (χ3n) is 5.21.